The van der Waals surface area contributed by atoms with Gasteiger partial charge in [0.2, 0.25) is 10.0 Å². The minimum atomic E-state index is -3.90. The van der Waals surface area contributed by atoms with Crippen LogP contribution >= 0.6 is 0 Å². The van der Waals surface area contributed by atoms with Gasteiger partial charge in [-0.05, 0) is 38.0 Å². The maximum Gasteiger partial charge on any atom is 0.323 e. The normalized spacial score (nSPS) is 13.1. The van der Waals surface area contributed by atoms with E-state index in [4.69, 9.17) is 5.11 Å². The molecule has 0 radical (unpaired) electrons. The molecule has 0 fully saturated rings. The molecule has 1 aromatic carbocycles. The highest BCUT2D eigenvalue weighted by molar-refractivity contribution is 7.94. The van der Waals surface area contributed by atoms with Gasteiger partial charge >= 0.3 is 5.97 Å². The summed E-state index contributed by atoms with van der Waals surface area (Å²) in [5.74, 6) is -1.37. The lowest BCUT2D eigenvalue weighted by atomic mass is 10.1. The molecule has 2 N–H and O–H groups in total. The highest BCUT2D eigenvalue weighted by Gasteiger charge is 2.27. The van der Waals surface area contributed by atoms with Gasteiger partial charge in [0.1, 0.15) is 0 Å². The summed E-state index contributed by atoms with van der Waals surface area (Å²) in [5.41, 5.74) is 2.06. The fourth-order valence-corrected chi connectivity index (χ4v) is 2.19. The number of aliphatic carboxylic acids is 1. The van der Waals surface area contributed by atoms with Gasteiger partial charge in [-0.2, -0.15) is 0 Å². The van der Waals surface area contributed by atoms with Crippen molar-refractivity contribution >= 4 is 21.7 Å². The van der Waals surface area contributed by atoms with Crippen LogP contribution in [0, 0.1) is 13.8 Å². The van der Waals surface area contributed by atoms with E-state index in [0.29, 0.717) is 5.69 Å². The second-order valence-corrected chi connectivity index (χ2v) is 5.95. The molecule has 0 bridgehead atoms. The summed E-state index contributed by atoms with van der Waals surface area (Å²) in [7, 11) is -3.90. The summed E-state index contributed by atoms with van der Waals surface area (Å²) >= 11 is 0. The van der Waals surface area contributed by atoms with Crippen LogP contribution in [0.5, 0.6) is 0 Å². The molecule has 0 aliphatic heterocycles. The number of carbonyl (C=O) groups is 1. The number of hydrogen-bond acceptors (Lipinski definition) is 3. The van der Waals surface area contributed by atoms with Crippen LogP contribution in [0.4, 0.5) is 5.69 Å². The molecule has 94 valence electrons. The van der Waals surface area contributed by atoms with Crippen molar-refractivity contribution in [3.63, 3.8) is 0 Å². The first-order valence-corrected chi connectivity index (χ1v) is 6.60. The molecular weight excluding hydrogens is 242 g/mol. The molecule has 0 aliphatic rings. The minimum absolute atomic E-state index is 0.415. The molecule has 1 aromatic rings. The van der Waals surface area contributed by atoms with Crippen LogP contribution in [0.2, 0.25) is 0 Å². The van der Waals surface area contributed by atoms with E-state index < -0.39 is 21.2 Å². The zero-order valence-electron chi connectivity index (χ0n) is 9.89. The summed E-state index contributed by atoms with van der Waals surface area (Å²) in [4.78, 5) is 10.7. The van der Waals surface area contributed by atoms with Gasteiger partial charge in [0, 0.05) is 0 Å². The zero-order valence-corrected chi connectivity index (χ0v) is 10.7. The lowest BCUT2D eigenvalue weighted by molar-refractivity contribution is -0.136. The Labute approximate surface area is 101 Å². The van der Waals surface area contributed by atoms with Crippen LogP contribution in [0.15, 0.2) is 18.2 Å². The van der Waals surface area contributed by atoms with Crippen molar-refractivity contribution < 1.29 is 18.3 Å². The number of anilines is 1. The highest BCUT2D eigenvalue weighted by Crippen LogP contribution is 2.19. The molecule has 0 saturated heterocycles. The number of aryl methyl sites for hydroxylation is 2. The summed E-state index contributed by atoms with van der Waals surface area (Å²) in [6.07, 6.45) is 0. The van der Waals surface area contributed by atoms with E-state index >= 15 is 0 Å². The Balaban J connectivity index is 3.06. The van der Waals surface area contributed by atoms with Crippen molar-refractivity contribution in [2.75, 3.05) is 4.72 Å². The Morgan fingerprint density at radius 3 is 2.47 bits per heavy atom. The molecule has 0 amide bonds. The molecule has 0 aliphatic carbocycles. The second kappa shape index (κ2) is 4.75. The Morgan fingerprint density at radius 2 is 1.94 bits per heavy atom. The molecule has 5 nitrogen and oxygen atoms in total. The van der Waals surface area contributed by atoms with Crippen LogP contribution in [0.25, 0.3) is 0 Å². The Morgan fingerprint density at radius 1 is 1.35 bits per heavy atom. The lowest BCUT2D eigenvalue weighted by Crippen LogP contribution is -2.32. The largest absolute Gasteiger partial charge is 0.480 e. The van der Waals surface area contributed by atoms with E-state index in [9.17, 15) is 13.2 Å². The van der Waals surface area contributed by atoms with E-state index in [2.05, 4.69) is 4.72 Å². The van der Waals surface area contributed by atoms with E-state index in [0.717, 1.165) is 18.1 Å². The molecule has 0 heterocycles. The standard InChI is InChI=1S/C11H15NO4S/c1-7-4-5-8(2)10(6-7)12-17(15,16)9(3)11(13)14/h4-6,9,12H,1-3H3,(H,13,14). The second-order valence-electron chi connectivity index (χ2n) is 3.95. The molecule has 1 unspecified atom stereocenters. The monoisotopic (exact) mass is 257 g/mol. The van der Waals surface area contributed by atoms with Gasteiger partial charge in [0.05, 0.1) is 5.69 Å². The number of carboxylic acids is 1. The topological polar surface area (TPSA) is 83.5 Å². The summed E-state index contributed by atoms with van der Waals surface area (Å²) < 4.78 is 25.7. The first kappa shape index (κ1) is 13.5. The van der Waals surface area contributed by atoms with Crippen molar-refractivity contribution in [1.82, 2.24) is 0 Å². The van der Waals surface area contributed by atoms with Gasteiger partial charge < -0.3 is 5.11 Å². The van der Waals surface area contributed by atoms with Gasteiger partial charge in [-0.25, -0.2) is 8.42 Å². The van der Waals surface area contributed by atoms with Gasteiger partial charge in [0.15, 0.2) is 5.25 Å². The van der Waals surface area contributed by atoms with E-state index in [1.165, 1.54) is 0 Å². The maximum atomic E-state index is 11.7. The van der Waals surface area contributed by atoms with Gasteiger partial charge in [-0.3, -0.25) is 9.52 Å². The SMILES string of the molecule is Cc1ccc(C)c(NS(=O)(=O)C(C)C(=O)O)c1. The third kappa shape index (κ3) is 3.20. The maximum absolute atomic E-state index is 11.7. The van der Waals surface area contributed by atoms with E-state index in [1.54, 1.807) is 19.1 Å². The zero-order chi connectivity index (χ0) is 13.2. The average Bonchev–Trinajstić information content (AvgIpc) is 2.21. The fourth-order valence-electron chi connectivity index (χ4n) is 1.22. The van der Waals surface area contributed by atoms with Crippen molar-refractivity contribution in [2.24, 2.45) is 0 Å². The van der Waals surface area contributed by atoms with Crippen LogP contribution in [0.1, 0.15) is 18.1 Å². The highest BCUT2D eigenvalue weighted by atomic mass is 32.2. The van der Waals surface area contributed by atoms with Crippen LogP contribution in [-0.4, -0.2) is 24.7 Å². The number of hydrogen-bond donors (Lipinski definition) is 2. The van der Waals surface area contributed by atoms with Crippen LogP contribution in [-0.2, 0) is 14.8 Å². The van der Waals surface area contributed by atoms with Crippen molar-refractivity contribution in [2.45, 2.75) is 26.0 Å². The first-order valence-electron chi connectivity index (χ1n) is 5.05. The molecule has 0 saturated carbocycles. The predicted molar refractivity (Wildman–Crippen MR) is 65.6 cm³/mol. The Bertz CT molecular complexity index is 536. The molecule has 1 rings (SSSR count). The summed E-state index contributed by atoms with van der Waals surface area (Å²) in [6, 6.07) is 5.30. The molecule has 17 heavy (non-hydrogen) atoms. The van der Waals surface area contributed by atoms with Crippen molar-refractivity contribution in [3.05, 3.63) is 29.3 Å². The Hall–Kier alpha value is -1.56. The number of benzene rings is 1. The average molecular weight is 257 g/mol. The van der Waals surface area contributed by atoms with Crippen LogP contribution < -0.4 is 4.72 Å². The Kier molecular flexibility index (Phi) is 3.77. The molecule has 1 atom stereocenters. The van der Waals surface area contributed by atoms with Gasteiger partial charge in [-0.15, -0.1) is 0 Å². The summed E-state index contributed by atoms with van der Waals surface area (Å²) in [5, 5.41) is 7.22. The van der Waals surface area contributed by atoms with E-state index in [1.807, 2.05) is 13.0 Å². The van der Waals surface area contributed by atoms with Crippen LogP contribution in [0.3, 0.4) is 0 Å². The number of rotatable bonds is 4. The lowest BCUT2D eigenvalue weighted by Gasteiger charge is -2.13. The fraction of sp³-hybridized carbons (Fsp3) is 0.364. The van der Waals surface area contributed by atoms with Gasteiger partial charge in [0.25, 0.3) is 0 Å². The van der Waals surface area contributed by atoms with Crippen molar-refractivity contribution in [3.8, 4) is 0 Å². The third-order valence-electron chi connectivity index (χ3n) is 2.46. The smallest absolute Gasteiger partial charge is 0.323 e. The minimum Gasteiger partial charge on any atom is -0.480 e. The van der Waals surface area contributed by atoms with Crippen molar-refractivity contribution in [1.29, 1.82) is 0 Å². The van der Waals surface area contributed by atoms with Gasteiger partial charge in [-0.1, -0.05) is 12.1 Å². The first-order chi connectivity index (χ1) is 7.74. The number of nitrogens with one attached hydrogen (secondary N) is 1. The quantitative estimate of drug-likeness (QED) is 0.856. The number of sulfonamides is 1. The third-order valence-corrected chi connectivity index (χ3v) is 4.10. The molecule has 0 spiro atoms. The summed E-state index contributed by atoms with van der Waals surface area (Å²) in [6.45, 7) is 4.72. The van der Waals surface area contributed by atoms with E-state index in [-0.39, 0.29) is 0 Å². The molecule has 0 aromatic heterocycles. The predicted octanol–water partition coefficient (Wildman–Crippen LogP) is 1.52. The number of carboxylic acid groups (broad SMARTS) is 1. The molecular formula is C11H15NO4S. The molecule has 6 heteroatoms.